The lowest BCUT2D eigenvalue weighted by Crippen LogP contribution is -2.43. The van der Waals surface area contributed by atoms with Gasteiger partial charge in [0.05, 0.1) is 7.11 Å². The van der Waals surface area contributed by atoms with E-state index in [4.69, 9.17) is 4.74 Å². The molecule has 0 spiro atoms. The molecule has 2 atom stereocenters. The van der Waals surface area contributed by atoms with Crippen LogP contribution in [0.1, 0.15) is 57.2 Å². The topological polar surface area (TPSA) is 41.5 Å². The molecular formula is C18H29NO2. The van der Waals surface area contributed by atoms with Crippen molar-refractivity contribution in [2.75, 3.05) is 13.7 Å². The molecule has 2 N–H and O–H groups in total. The fourth-order valence-corrected chi connectivity index (χ4v) is 3.23. The molecule has 0 bridgehead atoms. The van der Waals surface area contributed by atoms with E-state index in [1.807, 2.05) is 0 Å². The molecule has 1 aliphatic rings. The van der Waals surface area contributed by atoms with Crippen molar-refractivity contribution in [1.82, 2.24) is 5.32 Å². The Hall–Kier alpha value is -1.06. The molecule has 1 aromatic carbocycles. The van der Waals surface area contributed by atoms with E-state index in [2.05, 4.69) is 44.3 Å². The highest BCUT2D eigenvalue weighted by molar-refractivity contribution is 5.39. The minimum Gasteiger partial charge on any atom is -0.497 e. The molecule has 2 unspecified atom stereocenters. The molecule has 0 saturated heterocycles. The Bertz CT molecular complexity index is 465. The number of aryl methyl sites for hydroxylation is 1. The summed E-state index contributed by atoms with van der Waals surface area (Å²) in [6.07, 6.45) is 4.29. The van der Waals surface area contributed by atoms with Crippen molar-refractivity contribution in [3.63, 3.8) is 0 Å². The van der Waals surface area contributed by atoms with Gasteiger partial charge in [0.25, 0.3) is 0 Å². The second kappa shape index (κ2) is 6.80. The summed E-state index contributed by atoms with van der Waals surface area (Å²) in [5.41, 5.74) is 2.94. The summed E-state index contributed by atoms with van der Waals surface area (Å²) < 4.78 is 5.34. The van der Waals surface area contributed by atoms with Crippen LogP contribution in [0, 0.1) is 5.41 Å². The van der Waals surface area contributed by atoms with Gasteiger partial charge in [-0.3, -0.25) is 0 Å². The van der Waals surface area contributed by atoms with E-state index in [-0.39, 0.29) is 12.0 Å². The highest BCUT2D eigenvalue weighted by Crippen LogP contribution is 2.34. The van der Waals surface area contributed by atoms with Crippen LogP contribution in [0.2, 0.25) is 0 Å². The first kappa shape index (κ1) is 16.3. The second-order valence-corrected chi connectivity index (χ2v) is 7.11. The van der Waals surface area contributed by atoms with Crippen molar-refractivity contribution in [1.29, 1.82) is 0 Å². The highest BCUT2D eigenvalue weighted by Gasteiger charge is 2.29. The first-order chi connectivity index (χ1) is 9.95. The number of aliphatic hydroxyl groups excluding tert-OH is 1. The molecule has 3 heteroatoms. The number of methoxy groups -OCH3 is 1. The summed E-state index contributed by atoms with van der Waals surface area (Å²) in [4.78, 5) is 0. The van der Waals surface area contributed by atoms with E-state index >= 15 is 0 Å². The standard InChI is InChI=1S/C18H29NO2/c1-18(2,3)17(10-11-20)19-16-7-5-6-13-12-14(21-4)8-9-15(13)16/h8-9,12,16-17,19-20H,5-7,10-11H2,1-4H3. The van der Waals surface area contributed by atoms with Crippen molar-refractivity contribution in [3.8, 4) is 5.75 Å². The number of hydrogen-bond acceptors (Lipinski definition) is 3. The van der Waals surface area contributed by atoms with Gasteiger partial charge < -0.3 is 15.2 Å². The second-order valence-electron chi connectivity index (χ2n) is 7.11. The van der Waals surface area contributed by atoms with Gasteiger partial charge in [-0.1, -0.05) is 26.8 Å². The van der Waals surface area contributed by atoms with Gasteiger partial charge in [-0.15, -0.1) is 0 Å². The lowest BCUT2D eigenvalue weighted by atomic mass is 9.81. The van der Waals surface area contributed by atoms with Gasteiger partial charge in [0.1, 0.15) is 5.75 Å². The molecule has 1 aliphatic carbocycles. The largest absolute Gasteiger partial charge is 0.497 e. The van der Waals surface area contributed by atoms with Crippen molar-refractivity contribution in [3.05, 3.63) is 29.3 Å². The van der Waals surface area contributed by atoms with Gasteiger partial charge in [-0.05, 0) is 54.4 Å². The van der Waals surface area contributed by atoms with Gasteiger partial charge in [-0.25, -0.2) is 0 Å². The number of rotatable bonds is 5. The van der Waals surface area contributed by atoms with Gasteiger partial charge in [0, 0.05) is 18.7 Å². The molecule has 0 saturated carbocycles. The Labute approximate surface area is 128 Å². The fraction of sp³-hybridized carbons (Fsp3) is 0.667. The molecule has 1 aromatic rings. The molecule has 0 heterocycles. The number of nitrogens with one attached hydrogen (secondary N) is 1. The lowest BCUT2D eigenvalue weighted by molar-refractivity contribution is 0.181. The maximum atomic E-state index is 9.34. The molecule has 0 aliphatic heterocycles. The molecule has 3 nitrogen and oxygen atoms in total. The Morgan fingerprint density at radius 2 is 2.14 bits per heavy atom. The summed E-state index contributed by atoms with van der Waals surface area (Å²) in [5.74, 6) is 0.942. The van der Waals surface area contributed by atoms with Crippen molar-refractivity contribution in [2.24, 2.45) is 5.41 Å². The number of hydrogen-bond donors (Lipinski definition) is 2. The number of aliphatic hydroxyl groups is 1. The fourth-order valence-electron chi connectivity index (χ4n) is 3.23. The Kier molecular flexibility index (Phi) is 5.28. The van der Waals surface area contributed by atoms with Crippen LogP contribution in [0.25, 0.3) is 0 Å². The Morgan fingerprint density at radius 3 is 2.76 bits per heavy atom. The summed E-state index contributed by atoms with van der Waals surface area (Å²) in [6.45, 7) is 6.94. The van der Waals surface area contributed by atoms with Crippen molar-refractivity contribution in [2.45, 2.75) is 58.5 Å². The average Bonchev–Trinajstić information content (AvgIpc) is 2.45. The first-order valence-corrected chi connectivity index (χ1v) is 7.99. The zero-order chi connectivity index (χ0) is 15.5. The molecule has 2 rings (SSSR count). The summed E-state index contributed by atoms with van der Waals surface area (Å²) in [5, 5.41) is 13.1. The molecule has 118 valence electrons. The molecule has 0 aromatic heterocycles. The van der Waals surface area contributed by atoms with E-state index in [0.717, 1.165) is 25.0 Å². The van der Waals surface area contributed by atoms with Gasteiger partial charge in [0.2, 0.25) is 0 Å². The summed E-state index contributed by atoms with van der Waals surface area (Å²) in [6, 6.07) is 7.12. The van der Waals surface area contributed by atoms with Crippen LogP contribution in [-0.2, 0) is 6.42 Å². The highest BCUT2D eigenvalue weighted by atomic mass is 16.5. The van der Waals surface area contributed by atoms with Gasteiger partial charge in [0.15, 0.2) is 0 Å². The van der Waals surface area contributed by atoms with Gasteiger partial charge >= 0.3 is 0 Å². The average molecular weight is 291 g/mol. The third-order valence-corrected chi connectivity index (χ3v) is 4.53. The van der Waals surface area contributed by atoms with Crippen LogP contribution in [-0.4, -0.2) is 24.9 Å². The SMILES string of the molecule is COc1ccc2c(c1)CCCC2NC(CCO)C(C)(C)C. The Morgan fingerprint density at radius 1 is 1.38 bits per heavy atom. The maximum absolute atomic E-state index is 9.34. The first-order valence-electron chi connectivity index (χ1n) is 7.99. The summed E-state index contributed by atoms with van der Waals surface area (Å²) >= 11 is 0. The number of fused-ring (bicyclic) bond motifs is 1. The predicted molar refractivity (Wildman–Crippen MR) is 86.8 cm³/mol. The van der Waals surface area contributed by atoms with Gasteiger partial charge in [-0.2, -0.15) is 0 Å². The molecular weight excluding hydrogens is 262 g/mol. The molecule has 0 fully saturated rings. The van der Waals surface area contributed by atoms with Crippen LogP contribution in [0.3, 0.4) is 0 Å². The van der Waals surface area contributed by atoms with Crippen LogP contribution in [0.4, 0.5) is 0 Å². The Balaban J connectivity index is 2.19. The monoisotopic (exact) mass is 291 g/mol. The van der Waals surface area contributed by atoms with Crippen LogP contribution in [0.15, 0.2) is 18.2 Å². The zero-order valence-corrected chi connectivity index (χ0v) is 13.8. The zero-order valence-electron chi connectivity index (χ0n) is 13.8. The quantitative estimate of drug-likeness (QED) is 0.873. The summed E-state index contributed by atoms with van der Waals surface area (Å²) in [7, 11) is 1.72. The molecule has 21 heavy (non-hydrogen) atoms. The van der Waals surface area contributed by atoms with E-state index in [0.29, 0.717) is 12.1 Å². The molecule has 0 amide bonds. The van der Waals surface area contributed by atoms with E-state index in [1.165, 1.54) is 17.5 Å². The number of ether oxygens (including phenoxy) is 1. The number of benzene rings is 1. The minimum atomic E-state index is 0.146. The van der Waals surface area contributed by atoms with Crippen molar-refractivity contribution >= 4 is 0 Å². The minimum absolute atomic E-state index is 0.146. The van der Waals surface area contributed by atoms with Crippen LogP contribution >= 0.6 is 0 Å². The third-order valence-electron chi connectivity index (χ3n) is 4.53. The van der Waals surface area contributed by atoms with Crippen LogP contribution < -0.4 is 10.1 Å². The predicted octanol–water partition coefficient (Wildman–Crippen LogP) is 3.46. The molecule has 0 radical (unpaired) electrons. The lowest BCUT2D eigenvalue weighted by Gasteiger charge is -2.37. The smallest absolute Gasteiger partial charge is 0.119 e. The third kappa shape index (κ3) is 3.98. The van der Waals surface area contributed by atoms with Crippen LogP contribution in [0.5, 0.6) is 5.75 Å². The van der Waals surface area contributed by atoms with E-state index in [9.17, 15) is 5.11 Å². The normalized spacial score (nSPS) is 20.0. The van der Waals surface area contributed by atoms with Crippen molar-refractivity contribution < 1.29 is 9.84 Å². The van der Waals surface area contributed by atoms with E-state index < -0.39 is 0 Å². The maximum Gasteiger partial charge on any atom is 0.119 e. The van der Waals surface area contributed by atoms with E-state index in [1.54, 1.807) is 7.11 Å².